The Morgan fingerprint density at radius 2 is 1.79 bits per heavy atom. The van der Waals surface area contributed by atoms with Crippen molar-refractivity contribution < 1.29 is 27.9 Å². The first-order valence-corrected chi connectivity index (χ1v) is 14.1. The second kappa shape index (κ2) is 9.43. The summed E-state index contributed by atoms with van der Waals surface area (Å²) >= 11 is 0.866. The van der Waals surface area contributed by atoms with Crippen molar-refractivity contribution >= 4 is 50.9 Å². The lowest BCUT2D eigenvalue weighted by Crippen LogP contribution is -2.53. The van der Waals surface area contributed by atoms with Gasteiger partial charge in [-0.2, -0.15) is 0 Å². The zero-order chi connectivity index (χ0) is 30.2. The molecule has 11 heteroatoms. The standard InChI is InChI=1S/C32H22FN3O6S/c1-16-8-10-18(11-9-16)15-35-22-7-5-4-6-21(22)32(30(35)40)24-25(37)20-14-19(33)12-13-23(20)42-26(24)28(38)36(32)31-34-17(2)27(43-31)29(39)41-3/h4-14H,15H2,1-3H3. The predicted octanol–water partition coefficient (Wildman–Crippen LogP) is 5.24. The van der Waals surface area contributed by atoms with Crippen molar-refractivity contribution in [3.8, 4) is 0 Å². The first-order chi connectivity index (χ1) is 20.7. The molecule has 1 spiro atoms. The molecule has 0 saturated carbocycles. The molecule has 2 amide bonds. The molecule has 0 radical (unpaired) electrons. The highest BCUT2D eigenvalue weighted by Crippen LogP contribution is 2.55. The van der Waals surface area contributed by atoms with Gasteiger partial charge in [0.05, 0.1) is 36.0 Å². The van der Waals surface area contributed by atoms with E-state index in [0.717, 1.165) is 39.5 Å². The van der Waals surface area contributed by atoms with Crippen molar-refractivity contribution in [1.82, 2.24) is 4.98 Å². The van der Waals surface area contributed by atoms with E-state index in [-0.39, 0.29) is 44.5 Å². The number of aromatic nitrogens is 1. The third-order valence-corrected chi connectivity index (χ3v) is 9.02. The number of hydrogen-bond acceptors (Lipinski definition) is 8. The zero-order valence-corrected chi connectivity index (χ0v) is 24.0. The van der Waals surface area contributed by atoms with Gasteiger partial charge in [0.1, 0.15) is 16.3 Å². The molecular weight excluding hydrogens is 573 g/mol. The summed E-state index contributed by atoms with van der Waals surface area (Å²) in [5.74, 6) is -3.06. The molecule has 7 rings (SSSR count). The Balaban J connectivity index is 1.55. The fourth-order valence-electron chi connectivity index (χ4n) is 5.93. The molecule has 3 aromatic carbocycles. The van der Waals surface area contributed by atoms with Gasteiger partial charge in [0, 0.05) is 5.56 Å². The highest BCUT2D eigenvalue weighted by atomic mass is 32.1. The smallest absolute Gasteiger partial charge is 0.350 e. The van der Waals surface area contributed by atoms with Gasteiger partial charge < -0.3 is 14.1 Å². The van der Waals surface area contributed by atoms with Crippen LogP contribution in [0.5, 0.6) is 0 Å². The molecule has 4 heterocycles. The highest BCUT2D eigenvalue weighted by molar-refractivity contribution is 7.17. The van der Waals surface area contributed by atoms with Gasteiger partial charge in [-0.25, -0.2) is 14.2 Å². The molecule has 2 aliphatic heterocycles. The molecule has 43 heavy (non-hydrogen) atoms. The number of aryl methyl sites for hydroxylation is 2. The van der Waals surface area contributed by atoms with Gasteiger partial charge in [-0.1, -0.05) is 59.4 Å². The summed E-state index contributed by atoms with van der Waals surface area (Å²) in [4.78, 5) is 63.4. The number of methoxy groups -OCH3 is 1. The van der Waals surface area contributed by atoms with Crippen LogP contribution in [0.2, 0.25) is 0 Å². The van der Waals surface area contributed by atoms with Crippen LogP contribution in [0.3, 0.4) is 0 Å². The van der Waals surface area contributed by atoms with Crippen LogP contribution in [0.15, 0.2) is 75.9 Å². The topological polar surface area (TPSA) is 110 Å². The molecule has 1 atom stereocenters. The first kappa shape index (κ1) is 26.7. The molecule has 0 saturated heterocycles. The molecule has 214 valence electrons. The average molecular weight is 596 g/mol. The SMILES string of the molecule is COC(=O)c1sc(N2C(=O)c3oc4ccc(F)cc4c(=O)c3C23C(=O)N(Cc2ccc(C)cc2)c2ccccc23)nc1C. The molecule has 2 aliphatic rings. The number of hydrogen-bond donors (Lipinski definition) is 0. The number of rotatable bonds is 4. The van der Waals surface area contributed by atoms with E-state index in [4.69, 9.17) is 9.15 Å². The number of ether oxygens (including phenoxy) is 1. The Bertz CT molecular complexity index is 2090. The quantitative estimate of drug-likeness (QED) is 0.261. The molecule has 1 unspecified atom stereocenters. The summed E-state index contributed by atoms with van der Waals surface area (Å²) in [7, 11) is 1.23. The van der Waals surface area contributed by atoms with Gasteiger partial charge in [-0.05, 0) is 43.7 Å². The van der Waals surface area contributed by atoms with Crippen molar-refractivity contribution in [2.45, 2.75) is 25.9 Å². The van der Waals surface area contributed by atoms with Crippen molar-refractivity contribution in [1.29, 1.82) is 0 Å². The minimum Gasteiger partial charge on any atom is -0.465 e. The normalized spacial score (nSPS) is 17.2. The number of nitrogens with zero attached hydrogens (tertiary/aromatic N) is 3. The van der Waals surface area contributed by atoms with Crippen LogP contribution in [0.4, 0.5) is 15.2 Å². The number of esters is 1. The third kappa shape index (κ3) is 3.64. The maximum atomic E-state index is 14.9. The van der Waals surface area contributed by atoms with Crippen LogP contribution in [0, 0.1) is 19.7 Å². The van der Waals surface area contributed by atoms with E-state index in [1.807, 2.05) is 31.2 Å². The Hall–Kier alpha value is -5.16. The number of carbonyl (C=O) groups excluding carboxylic acids is 3. The number of fused-ring (bicyclic) bond motifs is 5. The van der Waals surface area contributed by atoms with Crippen LogP contribution in [-0.2, 0) is 21.6 Å². The van der Waals surface area contributed by atoms with Crippen LogP contribution in [-0.4, -0.2) is 29.9 Å². The lowest BCUT2D eigenvalue weighted by atomic mass is 9.84. The predicted molar refractivity (Wildman–Crippen MR) is 157 cm³/mol. The second-order valence-corrected chi connectivity index (χ2v) is 11.4. The Kier molecular flexibility index (Phi) is 5.86. The van der Waals surface area contributed by atoms with Crippen LogP contribution in [0.1, 0.15) is 48.2 Å². The number of anilines is 2. The van der Waals surface area contributed by atoms with Gasteiger partial charge in [0.15, 0.2) is 16.1 Å². The van der Waals surface area contributed by atoms with Crippen LogP contribution < -0.4 is 15.2 Å². The van der Waals surface area contributed by atoms with E-state index in [1.165, 1.54) is 18.1 Å². The Morgan fingerprint density at radius 1 is 1.05 bits per heavy atom. The zero-order valence-electron chi connectivity index (χ0n) is 23.1. The van der Waals surface area contributed by atoms with E-state index < -0.39 is 34.6 Å². The summed E-state index contributed by atoms with van der Waals surface area (Å²) in [5, 5.41) is -0.107. The number of halogens is 1. The number of amides is 2. The Labute approximate surface area is 247 Å². The summed E-state index contributed by atoms with van der Waals surface area (Å²) in [5.41, 5.74) is 0.0180. The number of thiazole rings is 1. The fourth-order valence-corrected chi connectivity index (χ4v) is 6.96. The second-order valence-electron chi connectivity index (χ2n) is 10.4. The van der Waals surface area contributed by atoms with Crippen molar-refractivity contribution in [3.63, 3.8) is 0 Å². The maximum Gasteiger partial charge on any atom is 0.350 e. The van der Waals surface area contributed by atoms with E-state index in [9.17, 15) is 23.6 Å². The summed E-state index contributed by atoms with van der Waals surface area (Å²) < 4.78 is 25.3. The fraction of sp³-hybridized carbons (Fsp3) is 0.156. The van der Waals surface area contributed by atoms with Gasteiger partial charge >= 0.3 is 5.97 Å². The molecule has 0 aliphatic carbocycles. The van der Waals surface area contributed by atoms with Crippen molar-refractivity contribution in [2.24, 2.45) is 0 Å². The van der Waals surface area contributed by atoms with Crippen LogP contribution >= 0.6 is 11.3 Å². The van der Waals surface area contributed by atoms with Gasteiger partial charge in [0.2, 0.25) is 5.76 Å². The molecule has 0 fully saturated rings. The monoisotopic (exact) mass is 595 g/mol. The van der Waals surface area contributed by atoms with Gasteiger partial charge in [0.25, 0.3) is 11.8 Å². The molecule has 5 aromatic rings. The Morgan fingerprint density at radius 3 is 2.53 bits per heavy atom. The third-order valence-electron chi connectivity index (χ3n) is 7.89. The summed E-state index contributed by atoms with van der Waals surface area (Å²) in [6.07, 6.45) is 0. The molecule has 9 nitrogen and oxygen atoms in total. The van der Waals surface area contributed by atoms with E-state index in [1.54, 1.807) is 31.2 Å². The lowest BCUT2D eigenvalue weighted by molar-refractivity contribution is -0.121. The van der Waals surface area contributed by atoms with Crippen LogP contribution in [0.25, 0.3) is 11.0 Å². The van der Waals surface area contributed by atoms with Gasteiger partial charge in [-0.3, -0.25) is 19.3 Å². The van der Waals surface area contributed by atoms with E-state index in [0.29, 0.717) is 11.3 Å². The van der Waals surface area contributed by atoms with E-state index >= 15 is 0 Å². The minimum atomic E-state index is -2.04. The summed E-state index contributed by atoms with van der Waals surface area (Å²) in [6, 6.07) is 18.0. The van der Waals surface area contributed by atoms with Gasteiger partial charge in [-0.15, -0.1) is 0 Å². The average Bonchev–Trinajstić information content (AvgIpc) is 3.59. The largest absolute Gasteiger partial charge is 0.465 e. The number of benzene rings is 3. The first-order valence-electron chi connectivity index (χ1n) is 13.3. The molecule has 2 aromatic heterocycles. The van der Waals surface area contributed by atoms with Crippen molar-refractivity contribution in [2.75, 3.05) is 16.9 Å². The molecular formula is C32H22FN3O6S. The van der Waals surface area contributed by atoms with E-state index in [2.05, 4.69) is 4.98 Å². The molecule has 0 N–H and O–H groups in total. The summed E-state index contributed by atoms with van der Waals surface area (Å²) in [6.45, 7) is 3.69. The lowest BCUT2D eigenvalue weighted by Gasteiger charge is -2.32. The highest BCUT2D eigenvalue weighted by Gasteiger charge is 2.66. The maximum absolute atomic E-state index is 14.9. The minimum absolute atomic E-state index is 0.00342. The van der Waals surface area contributed by atoms with Crippen molar-refractivity contribution in [3.05, 3.63) is 121 Å². The number of para-hydroxylation sites is 1. The molecule has 0 bridgehead atoms. The number of carbonyl (C=O) groups is 3.